The lowest BCUT2D eigenvalue weighted by molar-refractivity contribution is 0.385. The molecule has 106 valence electrons. The quantitative estimate of drug-likeness (QED) is 0.847. The second-order valence-corrected chi connectivity index (χ2v) is 6.45. The Morgan fingerprint density at radius 1 is 1.37 bits per heavy atom. The first-order chi connectivity index (χ1) is 9.22. The molecule has 1 N–H and O–H groups in total. The third-order valence-corrected chi connectivity index (χ3v) is 4.70. The number of ether oxygens (including phenoxy) is 1. The van der Waals surface area contributed by atoms with Gasteiger partial charge in [-0.1, -0.05) is 41.6 Å². The van der Waals surface area contributed by atoms with Crippen LogP contribution in [0.3, 0.4) is 0 Å². The van der Waals surface area contributed by atoms with Crippen LogP contribution in [0.4, 0.5) is 0 Å². The molecule has 19 heavy (non-hydrogen) atoms. The van der Waals surface area contributed by atoms with E-state index in [-0.39, 0.29) is 0 Å². The summed E-state index contributed by atoms with van der Waals surface area (Å²) in [6, 6.07) is 6.80. The van der Waals surface area contributed by atoms with E-state index in [1.807, 2.05) is 12.1 Å². The van der Waals surface area contributed by atoms with Gasteiger partial charge in [-0.2, -0.15) is 0 Å². The Labute approximate surface area is 125 Å². The number of methoxy groups -OCH3 is 1. The van der Waals surface area contributed by atoms with Gasteiger partial charge in [0.05, 0.1) is 7.11 Å². The molecule has 0 bridgehead atoms. The van der Waals surface area contributed by atoms with Crippen LogP contribution in [0.15, 0.2) is 22.7 Å². The Morgan fingerprint density at radius 3 is 2.74 bits per heavy atom. The van der Waals surface area contributed by atoms with Crippen molar-refractivity contribution in [2.75, 3.05) is 14.2 Å². The second kappa shape index (κ2) is 7.30. The van der Waals surface area contributed by atoms with E-state index in [1.165, 1.54) is 37.7 Å². The molecule has 0 heterocycles. The predicted molar refractivity (Wildman–Crippen MR) is 83.8 cm³/mol. The lowest BCUT2D eigenvalue weighted by atomic mass is 9.94. The van der Waals surface area contributed by atoms with Crippen LogP contribution in [-0.2, 0) is 6.42 Å². The zero-order valence-corrected chi connectivity index (χ0v) is 13.5. The molecule has 1 aliphatic rings. The zero-order valence-electron chi connectivity index (χ0n) is 11.9. The minimum atomic E-state index is 0.547. The fraction of sp³-hybridized carbons (Fsp3) is 0.625. The van der Waals surface area contributed by atoms with Crippen molar-refractivity contribution in [2.45, 2.75) is 44.6 Å². The van der Waals surface area contributed by atoms with Crippen molar-refractivity contribution >= 4 is 15.9 Å². The SMILES string of the molecule is CNC(Cc1cc(Br)ccc1OC)CC1CCCC1. The minimum absolute atomic E-state index is 0.547. The maximum atomic E-state index is 5.47. The first kappa shape index (κ1) is 14.9. The third kappa shape index (κ3) is 4.22. The van der Waals surface area contributed by atoms with Crippen LogP contribution in [-0.4, -0.2) is 20.2 Å². The Bertz CT molecular complexity index is 402. The summed E-state index contributed by atoms with van der Waals surface area (Å²) in [5.41, 5.74) is 1.29. The van der Waals surface area contributed by atoms with E-state index in [0.717, 1.165) is 22.6 Å². The number of halogens is 1. The molecular formula is C16H24BrNO. The first-order valence-electron chi connectivity index (χ1n) is 7.22. The summed E-state index contributed by atoms with van der Waals surface area (Å²) in [7, 11) is 3.82. The van der Waals surface area contributed by atoms with Crippen LogP contribution in [0, 0.1) is 5.92 Å². The Hall–Kier alpha value is -0.540. The van der Waals surface area contributed by atoms with Gasteiger partial charge < -0.3 is 10.1 Å². The van der Waals surface area contributed by atoms with Crippen LogP contribution in [0.5, 0.6) is 5.75 Å². The van der Waals surface area contributed by atoms with E-state index in [2.05, 4.69) is 34.4 Å². The topological polar surface area (TPSA) is 21.3 Å². The van der Waals surface area contributed by atoms with E-state index in [0.29, 0.717) is 6.04 Å². The Balaban J connectivity index is 2.02. The van der Waals surface area contributed by atoms with Gasteiger partial charge in [0, 0.05) is 10.5 Å². The number of hydrogen-bond donors (Lipinski definition) is 1. The average Bonchev–Trinajstić information content (AvgIpc) is 2.91. The van der Waals surface area contributed by atoms with Crippen molar-refractivity contribution in [1.82, 2.24) is 5.32 Å². The predicted octanol–water partition coefficient (Wildman–Crippen LogP) is 4.17. The van der Waals surface area contributed by atoms with Crippen molar-refractivity contribution in [3.8, 4) is 5.75 Å². The molecule has 0 saturated heterocycles. The highest BCUT2D eigenvalue weighted by Gasteiger charge is 2.20. The summed E-state index contributed by atoms with van der Waals surface area (Å²) in [6.45, 7) is 0. The molecule has 0 spiro atoms. The van der Waals surface area contributed by atoms with Crippen molar-refractivity contribution in [1.29, 1.82) is 0 Å². The molecule has 1 fully saturated rings. The second-order valence-electron chi connectivity index (χ2n) is 5.53. The first-order valence-corrected chi connectivity index (χ1v) is 8.02. The van der Waals surface area contributed by atoms with Gasteiger partial charge in [-0.25, -0.2) is 0 Å². The highest BCUT2D eigenvalue weighted by atomic mass is 79.9. The lowest BCUT2D eigenvalue weighted by Gasteiger charge is -2.21. The van der Waals surface area contributed by atoms with E-state index < -0.39 is 0 Å². The van der Waals surface area contributed by atoms with Crippen LogP contribution in [0.1, 0.15) is 37.7 Å². The van der Waals surface area contributed by atoms with Crippen molar-refractivity contribution < 1.29 is 4.74 Å². The number of likely N-dealkylation sites (N-methyl/N-ethyl adjacent to an activating group) is 1. The standard InChI is InChI=1S/C16H24BrNO/c1-18-15(9-12-5-3-4-6-12)11-13-10-14(17)7-8-16(13)19-2/h7-8,10,12,15,18H,3-6,9,11H2,1-2H3. The van der Waals surface area contributed by atoms with Crippen LogP contribution >= 0.6 is 15.9 Å². The van der Waals surface area contributed by atoms with E-state index in [1.54, 1.807) is 7.11 Å². The molecule has 1 atom stereocenters. The Morgan fingerprint density at radius 2 is 2.11 bits per heavy atom. The monoisotopic (exact) mass is 325 g/mol. The third-order valence-electron chi connectivity index (χ3n) is 4.21. The molecule has 0 aliphatic heterocycles. The zero-order chi connectivity index (χ0) is 13.7. The molecule has 2 nitrogen and oxygen atoms in total. The summed E-state index contributed by atoms with van der Waals surface area (Å²) in [4.78, 5) is 0. The number of rotatable bonds is 6. The number of nitrogens with one attached hydrogen (secondary N) is 1. The summed E-state index contributed by atoms with van der Waals surface area (Å²) in [5.74, 6) is 1.91. The van der Waals surface area contributed by atoms with E-state index >= 15 is 0 Å². The fourth-order valence-electron chi connectivity index (χ4n) is 3.12. The summed E-state index contributed by atoms with van der Waals surface area (Å²) in [6.07, 6.45) is 7.98. The smallest absolute Gasteiger partial charge is 0.122 e. The van der Waals surface area contributed by atoms with Gasteiger partial charge in [-0.05, 0) is 49.6 Å². The van der Waals surface area contributed by atoms with Gasteiger partial charge in [0.15, 0.2) is 0 Å². The summed E-state index contributed by atoms with van der Waals surface area (Å²) >= 11 is 3.55. The largest absolute Gasteiger partial charge is 0.496 e. The van der Waals surface area contributed by atoms with Gasteiger partial charge in [-0.3, -0.25) is 0 Å². The Kier molecular flexibility index (Phi) is 5.71. The molecule has 3 heteroatoms. The molecule has 1 aliphatic carbocycles. The molecule has 0 amide bonds. The van der Waals surface area contributed by atoms with Crippen LogP contribution in [0.25, 0.3) is 0 Å². The summed E-state index contributed by atoms with van der Waals surface area (Å²) in [5, 5.41) is 3.48. The van der Waals surface area contributed by atoms with Gasteiger partial charge in [0.2, 0.25) is 0 Å². The van der Waals surface area contributed by atoms with Crippen molar-refractivity contribution in [3.63, 3.8) is 0 Å². The van der Waals surface area contributed by atoms with Crippen LogP contribution in [0.2, 0.25) is 0 Å². The fourth-order valence-corrected chi connectivity index (χ4v) is 3.53. The van der Waals surface area contributed by atoms with E-state index in [9.17, 15) is 0 Å². The number of hydrogen-bond acceptors (Lipinski definition) is 2. The molecule has 1 unspecified atom stereocenters. The molecule has 1 aromatic carbocycles. The highest BCUT2D eigenvalue weighted by Crippen LogP contribution is 2.30. The average molecular weight is 326 g/mol. The highest BCUT2D eigenvalue weighted by molar-refractivity contribution is 9.10. The summed E-state index contributed by atoms with van der Waals surface area (Å²) < 4.78 is 6.59. The van der Waals surface area contributed by atoms with Gasteiger partial charge in [-0.15, -0.1) is 0 Å². The normalized spacial score (nSPS) is 17.6. The molecule has 1 aromatic rings. The molecule has 0 aromatic heterocycles. The number of benzene rings is 1. The van der Waals surface area contributed by atoms with Crippen LogP contribution < -0.4 is 10.1 Å². The van der Waals surface area contributed by atoms with Crippen molar-refractivity contribution in [2.24, 2.45) is 5.92 Å². The maximum absolute atomic E-state index is 5.47. The molecule has 2 rings (SSSR count). The van der Waals surface area contributed by atoms with Gasteiger partial charge >= 0.3 is 0 Å². The molecular weight excluding hydrogens is 302 g/mol. The molecule has 1 saturated carbocycles. The van der Waals surface area contributed by atoms with Gasteiger partial charge in [0.25, 0.3) is 0 Å². The van der Waals surface area contributed by atoms with Gasteiger partial charge in [0.1, 0.15) is 5.75 Å². The molecule has 0 radical (unpaired) electrons. The van der Waals surface area contributed by atoms with Crippen molar-refractivity contribution in [3.05, 3.63) is 28.2 Å². The lowest BCUT2D eigenvalue weighted by Crippen LogP contribution is -2.29. The van der Waals surface area contributed by atoms with E-state index in [4.69, 9.17) is 4.74 Å². The maximum Gasteiger partial charge on any atom is 0.122 e. The minimum Gasteiger partial charge on any atom is -0.496 e.